The van der Waals surface area contributed by atoms with Crippen molar-refractivity contribution in [3.05, 3.63) is 77.8 Å². The maximum absolute atomic E-state index is 11.9. The average molecular weight is 368 g/mol. The van der Waals surface area contributed by atoms with Crippen LogP contribution in [0.5, 0.6) is 0 Å². The van der Waals surface area contributed by atoms with E-state index in [-0.39, 0.29) is 5.91 Å². The number of benzene rings is 1. The van der Waals surface area contributed by atoms with E-state index in [1.54, 1.807) is 12.1 Å². The molecule has 2 aromatic heterocycles. The minimum absolute atomic E-state index is 0.178. The normalized spacial score (nSPS) is 10.8. The molecule has 1 aromatic carbocycles. The van der Waals surface area contributed by atoms with Gasteiger partial charge in [0, 0.05) is 42.6 Å². The summed E-state index contributed by atoms with van der Waals surface area (Å²) in [5.74, 6) is 1.30. The molecule has 0 radical (unpaired) electrons. The summed E-state index contributed by atoms with van der Waals surface area (Å²) in [5.41, 5.74) is 0.806. The number of carbonyl (C=O) groups excluding carboxylic acids is 1. The second-order valence-corrected chi connectivity index (χ2v) is 5.83. The summed E-state index contributed by atoms with van der Waals surface area (Å²) in [6.07, 6.45) is 8.49. The topological polar surface area (TPSA) is 71.8 Å². The van der Waals surface area contributed by atoms with Gasteiger partial charge >= 0.3 is 0 Å². The van der Waals surface area contributed by atoms with Gasteiger partial charge in [-0.05, 0) is 29.8 Å². The highest BCUT2D eigenvalue weighted by Gasteiger charge is 2.01. The summed E-state index contributed by atoms with van der Waals surface area (Å²) < 4.78 is 1.90. The van der Waals surface area contributed by atoms with Crippen molar-refractivity contribution in [3.8, 4) is 5.82 Å². The molecule has 0 aliphatic heterocycles. The number of carbonyl (C=O) groups is 1. The first-order chi connectivity index (χ1) is 12.7. The second-order valence-electron chi connectivity index (χ2n) is 5.42. The van der Waals surface area contributed by atoms with Crippen LogP contribution in [0, 0.1) is 0 Å². The van der Waals surface area contributed by atoms with E-state index in [9.17, 15) is 4.79 Å². The van der Waals surface area contributed by atoms with Crippen LogP contribution in [0.15, 0.2) is 67.3 Å². The minimum Gasteiger partial charge on any atom is -0.368 e. The van der Waals surface area contributed by atoms with Gasteiger partial charge in [-0.2, -0.15) is 0 Å². The van der Waals surface area contributed by atoms with Crippen molar-refractivity contribution in [2.24, 2.45) is 0 Å². The number of anilines is 1. The van der Waals surface area contributed by atoms with Gasteiger partial charge in [-0.25, -0.2) is 9.97 Å². The Balaban J connectivity index is 1.45. The van der Waals surface area contributed by atoms with Crippen molar-refractivity contribution < 1.29 is 4.79 Å². The predicted octanol–water partition coefficient (Wildman–Crippen LogP) is 3.16. The van der Waals surface area contributed by atoms with E-state index in [1.807, 2.05) is 53.4 Å². The molecule has 2 N–H and O–H groups in total. The molecule has 6 nitrogen and oxygen atoms in total. The van der Waals surface area contributed by atoms with Gasteiger partial charge in [0.05, 0.1) is 0 Å². The van der Waals surface area contributed by atoms with Gasteiger partial charge in [-0.3, -0.25) is 4.79 Å². The molecule has 0 fully saturated rings. The molecule has 26 heavy (non-hydrogen) atoms. The lowest BCUT2D eigenvalue weighted by atomic mass is 10.2. The molecule has 3 rings (SSSR count). The lowest BCUT2D eigenvalue weighted by Gasteiger charge is -2.08. The lowest BCUT2D eigenvalue weighted by Crippen LogP contribution is -2.27. The molecular formula is C19H18ClN5O. The Morgan fingerprint density at radius 1 is 1.12 bits per heavy atom. The SMILES string of the molecule is O=C(/C=C/c1ccccc1Cl)NCCNc1cc(-n2cccc2)ncn1. The van der Waals surface area contributed by atoms with Gasteiger partial charge in [-0.15, -0.1) is 0 Å². The van der Waals surface area contributed by atoms with Crippen LogP contribution < -0.4 is 10.6 Å². The van der Waals surface area contributed by atoms with Gasteiger partial charge in [0.1, 0.15) is 18.0 Å². The van der Waals surface area contributed by atoms with E-state index in [0.29, 0.717) is 23.9 Å². The van der Waals surface area contributed by atoms with Crippen LogP contribution in [-0.2, 0) is 4.79 Å². The monoisotopic (exact) mass is 367 g/mol. The van der Waals surface area contributed by atoms with Crippen molar-refractivity contribution in [2.45, 2.75) is 0 Å². The number of hydrogen-bond donors (Lipinski definition) is 2. The van der Waals surface area contributed by atoms with Crippen LogP contribution in [0.2, 0.25) is 5.02 Å². The van der Waals surface area contributed by atoms with Crippen LogP contribution in [0.3, 0.4) is 0 Å². The zero-order valence-corrected chi connectivity index (χ0v) is 14.7. The summed E-state index contributed by atoms with van der Waals surface area (Å²) in [5, 5.41) is 6.58. The lowest BCUT2D eigenvalue weighted by molar-refractivity contribution is -0.116. The molecular weight excluding hydrogens is 350 g/mol. The molecule has 0 spiro atoms. The number of hydrogen-bond acceptors (Lipinski definition) is 4. The molecule has 0 aliphatic carbocycles. The molecule has 2 heterocycles. The summed E-state index contributed by atoms with van der Waals surface area (Å²) in [4.78, 5) is 20.2. The molecule has 1 amide bonds. The number of halogens is 1. The molecule has 0 atom stereocenters. The number of rotatable bonds is 7. The fraction of sp³-hybridized carbons (Fsp3) is 0.105. The summed E-state index contributed by atoms with van der Waals surface area (Å²) in [7, 11) is 0. The predicted molar refractivity (Wildman–Crippen MR) is 103 cm³/mol. The van der Waals surface area contributed by atoms with E-state index < -0.39 is 0 Å². The molecule has 0 bridgehead atoms. The first-order valence-electron chi connectivity index (χ1n) is 8.12. The largest absolute Gasteiger partial charge is 0.368 e. The molecule has 7 heteroatoms. The number of nitrogens with zero attached hydrogens (tertiary/aromatic N) is 3. The third-order valence-electron chi connectivity index (χ3n) is 3.57. The summed E-state index contributed by atoms with van der Waals surface area (Å²) in [6.45, 7) is 1.02. The molecule has 132 valence electrons. The highest BCUT2D eigenvalue weighted by molar-refractivity contribution is 6.32. The van der Waals surface area contributed by atoms with Gasteiger partial charge in [0.2, 0.25) is 5.91 Å². The Kier molecular flexibility index (Phi) is 6.01. The first-order valence-corrected chi connectivity index (χ1v) is 8.50. The Morgan fingerprint density at radius 2 is 1.92 bits per heavy atom. The van der Waals surface area contributed by atoms with Gasteiger partial charge < -0.3 is 15.2 Å². The number of aromatic nitrogens is 3. The molecule has 3 aromatic rings. The Labute approximate surface area is 156 Å². The van der Waals surface area contributed by atoms with Crippen molar-refractivity contribution in [1.82, 2.24) is 19.9 Å². The van der Waals surface area contributed by atoms with Crippen LogP contribution >= 0.6 is 11.6 Å². The maximum Gasteiger partial charge on any atom is 0.244 e. The maximum atomic E-state index is 11.9. The fourth-order valence-electron chi connectivity index (χ4n) is 2.28. The van der Waals surface area contributed by atoms with Gasteiger partial charge in [-0.1, -0.05) is 29.8 Å². The number of amides is 1. The highest BCUT2D eigenvalue weighted by atomic mass is 35.5. The highest BCUT2D eigenvalue weighted by Crippen LogP contribution is 2.16. The van der Waals surface area contributed by atoms with Crippen LogP contribution in [0.4, 0.5) is 5.82 Å². The van der Waals surface area contributed by atoms with E-state index in [4.69, 9.17) is 11.6 Å². The molecule has 0 saturated carbocycles. The van der Waals surface area contributed by atoms with Crippen molar-refractivity contribution >= 4 is 29.4 Å². The van der Waals surface area contributed by atoms with Crippen LogP contribution in [-0.4, -0.2) is 33.5 Å². The van der Waals surface area contributed by atoms with Gasteiger partial charge in [0.25, 0.3) is 0 Å². The molecule has 0 saturated heterocycles. The minimum atomic E-state index is -0.178. The Bertz CT molecular complexity index is 892. The van der Waals surface area contributed by atoms with Crippen molar-refractivity contribution in [2.75, 3.05) is 18.4 Å². The smallest absolute Gasteiger partial charge is 0.244 e. The zero-order chi connectivity index (χ0) is 18.2. The fourth-order valence-corrected chi connectivity index (χ4v) is 2.48. The molecule has 0 aliphatic rings. The number of nitrogens with one attached hydrogen (secondary N) is 2. The standard InChI is InChI=1S/C19H18ClN5O/c20-16-6-2-1-5-15(16)7-8-19(26)22-10-9-21-17-13-18(24-14-23-17)25-11-3-4-12-25/h1-8,11-14H,9-10H2,(H,22,26)(H,21,23,24)/b8-7+. The molecule has 0 unspecified atom stereocenters. The summed E-state index contributed by atoms with van der Waals surface area (Å²) >= 11 is 6.05. The van der Waals surface area contributed by atoms with E-state index >= 15 is 0 Å². The van der Waals surface area contributed by atoms with E-state index in [2.05, 4.69) is 20.6 Å². The Morgan fingerprint density at radius 3 is 2.73 bits per heavy atom. The van der Waals surface area contributed by atoms with Gasteiger partial charge in [0.15, 0.2) is 0 Å². The van der Waals surface area contributed by atoms with Crippen LogP contribution in [0.25, 0.3) is 11.9 Å². The van der Waals surface area contributed by atoms with Crippen LogP contribution in [0.1, 0.15) is 5.56 Å². The second kappa shape index (κ2) is 8.82. The quantitative estimate of drug-likeness (QED) is 0.497. The Hall–Kier alpha value is -3.12. The van der Waals surface area contributed by atoms with E-state index in [1.165, 1.54) is 12.4 Å². The average Bonchev–Trinajstić information content (AvgIpc) is 3.20. The van der Waals surface area contributed by atoms with Crippen molar-refractivity contribution in [3.63, 3.8) is 0 Å². The third-order valence-corrected chi connectivity index (χ3v) is 3.92. The summed E-state index contributed by atoms with van der Waals surface area (Å²) in [6, 6.07) is 13.1. The van der Waals surface area contributed by atoms with Crippen molar-refractivity contribution in [1.29, 1.82) is 0 Å². The van der Waals surface area contributed by atoms with E-state index in [0.717, 1.165) is 11.4 Å². The zero-order valence-electron chi connectivity index (χ0n) is 14.0. The first kappa shape index (κ1) is 17.7. The third kappa shape index (κ3) is 4.94.